The van der Waals surface area contributed by atoms with Gasteiger partial charge >= 0.3 is 0 Å². The molecule has 0 bridgehead atoms. The molecule has 35 heavy (non-hydrogen) atoms. The van der Waals surface area contributed by atoms with Crippen LogP contribution in [-0.4, -0.2) is 12.0 Å². The first-order valence-corrected chi connectivity index (χ1v) is 12.6. The normalized spacial score (nSPS) is 20.1. The predicted octanol–water partition coefficient (Wildman–Crippen LogP) is 8.08. The Morgan fingerprint density at radius 3 is 2.74 bits per heavy atom. The van der Waals surface area contributed by atoms with Crippen LogP contribution in [-0.2, 0) is 6.61 Å². The summed E-state index contributed by atoms with van der Waals surface area (Å²) in [6, 6.07) is 14.4. The van der Waals surface area contributed by atoms with Crippen molar-refractivity contribution in [3.8, 4) is 11.5 Å². The van der Waals surface area contributed by atoms with E-state index in [9.17, 15) is 10.1 Å². The molecule has 3 aromatic rings. The van der Waals surface area contributed by atoms with Crippen molar-refractivity contribution >= 4 is 50.5 Å². The lowest BCUT2D eigenvalue weighted by Crippen LogP contribution is -2.29. The van der Waals surface area contributed by atoms with E-state index >= 15 is 0 Å². The first kappa shape index (κ1) is 24.0. The van der Waals surface area contributed by atoms with Crippen LogP contribution in [0, 0.1) is 16.0 Å². The molecule has 5 rings (SSSR count). The van der Waals surface area contributed by atoms with Crippen molar-refractivity contribution in [2.24, 2.45) is 5.92 Å². The van der Waals surface area contributed by atoms with Crippen LogP contribution in [0.25, 0.3) is 0 Å². The molecule has 0 spiro atoms. The van der Waals surface area contributed by atoms with Crippen LogP contribution < -0.4 is 14.8 Å². The Morgan fingerprint density at radius 2 is 2.00 bits per heavy atom. The first-order chi connectivity index (χ1) is 16.9. The highest BCUT2D eigenvalue weighted by molar-refractivity contribution is 9.10. The van der Waals surface area contributed by atoms with Crippen molar-refractivity contribution in [3.05, 3.63) is 102 Å². The van der Waals surface area contributed by atoms with Gasteiger partial charge in [-0.05, 0) is 69.2 Å². The summed E-state index contributed by atoms with van der Waals surface area (Å²) >= 11 is 15.8. The molecule has 0 radical (unpaired) electrons. The van der Waals surface area contributed by atoms with Crippen LogP contribution in [0.2, 0.25) is 10.0 Å². The van der Waals surface area contributed by atoms with E-state index in [-0.39, 0.29) is 35.1 Å². The smallest absolute Gasteiger partial charge is 0.292 e. The minimum Gasteiger partial charge on any atom is -0.493 e. The largest absolute Gasteiger partial charge is 0.493 e. The number of nitro benzene ring substituents is 1. The molecule has 1 aliphatic carbocycles. The Kier molecular flexibility index (Phi) is 6.66. The highest BCUT2D eigenvalue weighted by Gasteiger charge is 2.40. The summed E-state index contributed by atoms with van der Waals surface area (Å²) in [5.74, 6) is 1.45. The first-order valence-electron chi connectivity index (χ1n) is 11.0. The fourth-order valence-electron chi connectivity index (χ4n) is 4.93. The topological polar surface area (TPSA) is 73.6 Å². The van der Waals surface area contributed by atoms with E-state index < -0.39 is 0 Å². The number of para-hydroxylation sites is 1. The average molecular weight is 576 g/mol. The molecule has 1 aliphatic heterocycles. The maximum Gasteiger partial charge on any atom is 0.292 e. The number of allylic oxidation sites excluding steroid dienone is 2. The van der Waals surface area contributed by atoms with Crippen LogP contribution in [0.3, 0.4) is 0 Å². The van der Waals surface area contributed by atoms with Crippen molar-refractivity contribution in [3.63, 3.8) is 0 Å². The third-order valence-corrected chi connectivity index (χ3v) is 7.88. The molecule has 9 heteroatoms. The van der Waals surface area contributed by atoms with Gasteiger partial charge in [0.15, 0.2) is 11.5 Å². The molecule has 0 saturated carbocycles. The number of methoxy groups -OCH3 is 1. The molecule has 2 aliphatic rings. The van der Waals surface area contributed by atoms with Gasteiger partial charge in [0, 0.05) is 12.0 Å². The second-order valence-electron chi connectivity index (χ2n) is 8.55. The number of nitro groups is 1. The highest BCUT2D eigenvalue weighted by atomic mass is 79.9. The van der Waals surface area contributed by atoms with Gasteiger partial charge in [-0.1, -0.05) is 53.6 Å². The van der Waals surface area contributed by atoms with Gasteiger partial charge in [0.05, 0.1) is 32.6 Å². The zero-order chi connectivity index (χ0) is 24.7. The zero-order valence-corrected chi connectivity index (χ0v) is 21.7. The maximum absolute atomic E-state index is 11.7. The third-order valence-electron chi connectivity index (χ3n) is 6.55. The van der Waals surface area contributed by atoms with Gasteiger partial charge < -0.3 is 14.8 Å². The second-order valence-corrected chi connectivity index (χ2v) is 10.2. The van der Waals surface area contributed by atoms with Gasteiger partial charge in [-0.25, -0.2) is 0 Å². The molecule has 3 atom stereocenters. The quantitative estimate of drug-likeness (QED) is 0.183. The van der Waals surface area contributed by atoms with Crippen molar-refractivity contribution in [2.45, 2.75) is 25.0 Å². The van der Waals surface area contributed by atoms with E-state index in [1.54, 1.807) is 31.4 Å². The molecule has 3 aromatic carbocycles. The predicted molar refractivity (Wildman–Crippen MR) is 141 cm³/mol. The zero-order valence-electron chi connectivity index (χ0n) is 18.6. The Hall–Kier alpha value is -2.74. The molecule has 6 nitrogen and oxygen atoms in total. The molecule has 1 N–H and O–H groups in total. The van der Waals surface area contributed by atoms with Gasteiger partial charge in [0.2, 0.25) is 0 Å². The van der Waals surface area contributed by atoms with E-state index in [0.29, 0.717) is 27.2 Å². The fraction of sp³-hybridized carbons (Fsp3) is 0.231. The summed E-state index contributed by atoms with van der Waals surface area (Å²) in [7, 11) is 1.59. The Bertz CT molecular complexity index is 1350. The minimum absolute atomic E-state index is 0.0823. The molecule has 0 amide bonds. The molecule has 0 aromatic heterocycles. The fourth-order valence-corrected chi connectivity index (χ4v) is 5.83. The van der Waals surface area contributed by atoms with Crippen LogP contribution in [0.1, 0.15) is 35.1 Å². The summed E-state index contributed by atoms with van der Waals surface area (Å²) in [5, 5.41) is 16.2. The summed E-state index contributed by atoms with van der Waals surface area (Å²) in [4.78, 5) is 11.4. The number of hydrogen-bond donors (Lipinski definition) is 1. The van der Waals surface area contributed by atoms with Crippen molar-refractivity contribution in [2.75, 3.05) is 12.4 Å². The second kappa shape index (κ2) is 9.72. The maximum atomic E-state index is 11.7. The van der Waals surface area contributed by atoms with Crippen molar-refractivity contribution in [1.29, 1.82) is 0 Å². The summed E-state index contributed by atoms with van der Waals surface area (Å²) in [5.41, 5.74) is 3.44. The van der Waals surface area contributed by atoms with Crippen LogP contribution in [0.5, 0.6) is 11.5 Å². The highest BCUT2D eigenvalue weighted by Crippen LogP contribution is 2.53. The monoisotopic (exact) mass is 574 g/mol. The minimum atomic E-state index is -0.335. The van der Waals surface area contributed by atoms with E-state index in [2.05, 4.69) is 33.4 Å². The van der Waals surface area contributed by atoms with Gasteiger partial charge in [-0.15, -0.1) is 0 Å². The Labute approximate surface area is 221 Å². The van der Waals surface area contributed by atoms with E-state index in [1.807, 2.05) is 24.3 Å². The van der Waals surface area contributed by atoms with E-state index in [0.717, 1.165) is 27.6 Å². The van der Waals surface area contributed by atoms with Gasteiger partial charge in [-0.3, -0.25) is 10.1 Å². The van der Waals surface area contributed by atoms with Crippen molar-refractivity contribution < 1.29 is 14.4 Å². The van der Waals surface area contributed by atoms with E-state index in [1.165, 1.54) is 0 Å². The number of fused-ring (bicyclic) bond motifs is 3. The number of rotatable bonds is 6. The van der Waals surface area contributed by atoms with Crippen molar-refractivity contribution in [1.82, 2.24) is 0 Å². The van der Waals surface area contributed by atoms with Crippen LogP contribution in [0.4, 0.5) is 11.4 Å². The SMILES string of the molecule is COc1cc([C@@H]2Nc3c(cccc3[N+](=O)[O-])[C@@H]3C=CC[C@@H]32)cc(Br)c1OCc1ccc(Cl)c(Cl)c1. The molecule has 0 unspecified atom stereocenters. The molecular formula is C26H21BrCl2N2O4. The number of nitrogens with one attached hydrogen (secondary N) is 1. The lowest BCUT2D eigenvalue weighted by molar-refractivity contribution is -0.384. The van der Waals surface area contributed by atoms with Crippen LogP contribution >= 0.6 is 39.1 Å². The molecule has 0 saturated heterocycles. The Morgan fingerprint density at radius 1 is 1.17 bits per heavy atom. The number of hydrogen-bond acceptors (Lipinski definition) is 5. The molecule has 180 valence electrons. The summed E-state index contributed by atoms with van der Waals surface area (Å²) in [6.45, 7) is 0.279. The summed E-state index contributed by atoms with van der Waals surface area (Å²) < 4.78 is 12.5. The van der Waals surface area contributed by atoms with Gasteiger partial charge in [0.25, 0.3) is 5.69 Å². The summed E-state index contributed by atoms with van der Waals surface area (Å²) in [6.07, 6.45) is 5.18. The van der Waals surface area contributed by atoms with Crippen LogP contribution in [0.15, 0.2) is 65.2 Å². The van der Waals surface area contributed by atoms with E-state index in [4.69, 9.17) is 32.7 Å². The number of halogens is 3. The number of anilines is 1. The molecule has 0 fully saturated rings. The Balaban J connectivity index is 1.48. The molecular weight excluding hydrogens is 555 g/mol. The number of ether oxygens (including phenoxy) is 2. The average Bonchev–Trinajstić information content (AvgIpc) is 3.34. The van der Waals surface area contributed by atoms with Gasteiger partial charge in [-0.2, -0.15) is 0 Å². The van der Waals surface area contributed by atoms with Gasteiger partial charge in [0.1, 0.15) is 12.3 Å². The standard InChI is InChI=1S/C26H21BrCl2N2O4/c1-34-23-12-15(11-19(27)26(23)35-13-14-8-9-20(28)21(29)10-14)24-17-5-2-4-16(17)18-6-3-7-22(31(32)33)25(18)30-24/h2-4,6-12,16-17,24,30H,5,13H2,1H3/t16-,17+,24+/m1/s1. The molecule has 1 heterocycles. The third kappa shape index (κ3) is 4.48. The number of nitrogens with zero attached hydrogens (tertiary/aromatic N) is 1. The number of benzene rings is 3. The lowest BCUT2D eigenvalue weighted by Gasteiger charge is -2.37. The lowest BCUT2D eigenvalue weighted by atomic mass is 9.76.